The van der Waals surface area contributed by atoms with Crippen molar-refractivity contribution in [2.45, 2.75) is 25.4 Å². The third kappa shape index (κ3) is 2.96. The van der Waals surface area contributed by atoms with E-state index in [1.54, 1.807) is 19.2 Å². The van der Waals surface area contributed by atoms with Crippen LogP contribution in [0.4, 0.5) is 0 Å². The first-order valence-electron chi connectivity index (χ1n) is 5.97. The molecule has 0 N–H and O–H groups in total. The smallest absolute Gasteiger partial charge is 0.211 e. The number of furan rings is 1. The zero-order valence-corrected chi connectivity index (χ0v) is 10.4. The molecule has 0 radical (unpaired) electrons. The first kappa shape index (κ1) is 12.3. The van der Waals surface area contributed by atoms with Crippen molar-refractivity contribution in [1.82, 2.24) is 4.90 Å². The van der Waals surface area contributed by atoms with E-state index in [1.807, 2.05) is 0 Å². The van der Waals surface area contributed by atoms with Crippen molar-refractivity contribution in [3.05, 3.63) is 24.2 Å². The van der Waals surface area contributed by atoms with Crippen LogP contribution in [0.25, 0.3) is 0 Å². The van der Waals surface area contributed by atoms with E-state index in [1.165, 1.54) is 6.26 Å². The lowest BCUT2D eigenvalue weighted by molar-refractivity contribution is -0.0486. The monoisotopic (exact) mass is 237 g/mol. The molecule has 4 heteroatoms. The largest absolute Gasteiger partial charge is 0.461 e. The lowest BCUT2D eigenvalue weighted by atomic mass is 9.94. The van der Waals surface area contributed by atoms with Crippen LogP contribution in [0.3, 0.4) is 0 Å². The molecule has 0 aliphatic carbocycles. The Morgan fingerprint density at radius 2 is 2.47 bits per heavy atom. The molecule has 1 saturated heterocycles. The lowest BCUT2D eigenvalue weighted by Gasteiger charge is -2.39. The summed E-state index contributed by atoms with van der Waals surface area (Å²) in [6.45, 7) is 4.25. The first-order chi connectivity index (χ1) is 8.13. The molecule has 4 nitrogen and oxygen atoms in total. The highest BCUT2D eigenvalue weighted by atomic mass is 16.5. The van der Waals surface area contributed by atoms with Crippen LogP contribution >= 0.6 is 0 Å². The summed E-state index contributed by atoms with van der Waals surface area (Å²) in [6, 6.07) is 3.45. The summed E-state index contributed by atoms with van der Waals surface area (Å²) < 4.78 is 10.6. The molecule has 0 saturated carbocycles. The fourth-order valence-corrected chi connectivity index (χ4v) is 2.33. The van der Waals surface area contributed by atoms with Crippen molar-refractivity contribution in [3.63, 3.8) is 0 Å². The molecule has 1 aliphatic heterocycles. The number of ketones is 1. The van der Waals surface area contributed by atoms with Crippen LogP contribution in [0.1, 0.15) is 30.3 Å². The van der Waals surface area contributed by atoms with Gasteiger partial charge in [0.05, 0.1) is 18.4 Å². The van der Waals surface area contributed by atoms with Crippen molar-refractivity contribution in [3.8, 4) is 0 Å². The molecule has 1 atom stereocenters. The number of likely N-dealkylation sites (tertiary alicyclic amines) is 1. The fourth-order valence-electron chi connectivity index (χ4n) is 2.33. The molecular formula is C13H19NO3. The molecule has 1 unspecified atom stereocenters. The van der Waals surface area contributed by atoms with Crippen molar-refractivity contribution < 1.29 is 13.9 Å². The van der Waals surface area contributed by atoms with Crippen LogP contribution in [0, 0.1) is 0 Å². The van der Waals surface area contributed by atoms with Crippen LogP contribution in [-0.2, 0) is 4.74 Å². The highest BCUT2D eigenvalue weighted by Gasteiger charge is 2.31. The Kier molecular flexibility index (Phi) is 3.64. The number of hydrogen-bond acceptors (Lipinski definition) is 4. The van der Waals surface area contributed by atoms with Gasteiger partial charge in [0.1, 0.15) is 0 Å². The Bertz CT molecular complexity index is 374. The SMILES string of the molecule is COC1(C)CCCN(CC(=O)c2ccco2)C1. The maximum atomic E-state index is 11.9. The topological polar surface area (TPSA) is 42.7 Å². The average molecular weight is 237 g/mol. The van der Waals surface area contributed by atoms with Gasteiger partial charge in [-0.3, -0.25) is 9.69 Å². The molecule has 2 heterocycles. The Hall–Kier alpha value is -1.13. The van der Waals surface area contributed by atoms with Gasteiger partial charge in [0.25, 0.3) is 0 Å². The van der Waals surface area contributed by atoms with Crippen LogP contribution in [-0.4, -0.2) is 43.0 Å². The summed E-state index contributed by atoms with van der Waals surface area (Å²) in [7, 11) is 1.73. The maximum Gasteiger partial charge on any atom is 0.211 e. The number of piperidine rings is 1. The van der Waals surface area contributed by atoms with Gasteiger partial charge in [-0.15, -0.1) is 0 Å². The molecule has 1 aromatic heterocycles. The Balaban J connectivity index is 1.93. The van der Waals surface area contributed by atoms with Gasteiger partial charge < -0.3 is 9.15 Å². The predicted molar refractivity (Wildman–Crippen MR) is 64.1 cm³/mol. The third-order valence-corrected chi connectivity index (χ3v) is 3.39. The van der Waals surface area contributed by atoms with Crippen molar-refractivity contribution in [2.24, 2.45) is 0 Å². The summed E-state index contributed by atoms with van der Waals surface area (Å²) in [6.07, 6.45) is 3.65. The Morgan fingerprint density at radius 1 is 1.65 bits per heavy atom. The van der Waals surface area contributed by atoms with E-state index < -0.39 is 0 Å². The number of carbonyl (C=O) groups excluding carboxylic acids is 1. The number of Topliss-reactive ketones (excluding diaryl/α,β-unsaturated/α-hetero) is 1. The van der Waals surface area contributed by atoms with Gasteiger partial charge in [0.2, 0.25) is 5.78 Å². The minimum Gasteiger partial charge on any atom is -0.461 e. The van der Waals surface area contributed by atoms with E-state index in [0.29, 0.717) is 12.3 Å². The van der Waals surface area contributed by atoms with E-state index in [4.69, 9.17) is 9.15 Å². The molecule has 94 valence electrons. The number of rotatable bonds is 4. The minimum atomic E-state index is -0.123. The van der Waals surface area contributed by atoms with Crippen molar-refractivity contribution in [1.29, 1.82) is 0 Å². The number of nitrogens with zero attached hydrogens (tertiary/aromatic N) is 1. The first-order valence-corrected chi connectivity index (χ1v) is 5.97. The standard InChI is InChI=1S/C13H19NO3/c1-13(16-2)6-4-7-14(10-13)9-11(15)12-5-3-8-17-12/h3,5,8H,4,6-7,9-10H2,1-2H3. The molecule has 1 aliphatic rings. The van der Waals surface area contributed by atoms with Crippen LogP contribution in [0.2, 0.25) is 0 Å². The normalized spacial score (nSPS) is 26.0. The quantitative estimate of drug-likeness (QED) is 0.751. The van der Waals surface area contributed by atoms with Gasteiger partial charge in [-0.1, -0.05) is 0 Å². The number of methoxy groups -OCH3 is 1. The summed E-state index contributed by atoms with van der Waals surface area (Å²) in [5.41, 5.74) is -0.123. The molecule has 1 fully saturated rings. The average Bonchev–Trinajstić information content (AvgIpc) is 2.82. The summed E-state index contributed by atoms with van der Waals surface area (Å²) in [5.74, 6) is 0.477. The summed E-state index contributed by atoms with van der Waals surface area (Å²) in [5, 5.41) is 0. The number of ether oxygens (including phenoxy) is 1. The summed E-state index contributed by atoms with van der Waals surface area (Å²) >= 11 is 0. The lowest BCUT2D eigenvalue weighted by Crippen LogP contribution is -2.48. The molecule has 1 aromatic rings. The summed E-state index contributed by atoms with van der Waals surface area (Å²) in [4.78, 5) is 14.0. The second-order valence-corrected chi connectivity index (χ2v) is 4.87. The van der Waals surface area contributed by atoms with Gasteiger partial charge in [-0.25, -0.2) is 0 Å². The van der Waals surface area contributed by atoms with Crippen LogP contribution in [0.15, 0.2) is 22.8 Å². The van der Waals surface area contributed by atoms with Crippen molar-refractivity contribution in [2.75, 3.05) is 26.7 Å². The second kappa shape index (κ2) is 5.02. The van der Waals surface area contributed by atoms with E-state index in [-0.39, 0.29) is 11.4 Å². The minimum absolute atomic E-state index is 0.0374. The molecular weight excluding hydrogens is 218 g/mol. The predicted octanol–water partition coefficient (Wildman–Crippen LogP) is 1.96. The third-order valence-electron chi connectivity index (χ3n) is 3.39. The van der Waals surface area contributed by atoms with Gasteiger partial charge >= 0.3 is 0 Å². The van der Waals surface area contributed by atoms with Gasteiger partial charge in [0.15, 0.2) is 5.76 Å². The Morgan fingerprint density at radius 3 is 3.12 bits per heavy atom. The van der Waals surface area contributed by atoms with Gasteiger partial charge in [-0.05, 0) is 38.4 Å². The zero-order valence-electron chi connectivity index (χ0n) is 10.4. The van der Waals surface area contributed by atoms with E-state index >= 15 is 0 Å². The maximum absolute atomic E-state index is 11.9. The van der Waals surface area contributed by atoms with E-state index in [0.717, 1.165) is 25.9 Å². The number of carbonyl (C=O) groups is 1. The molecule has 0 bridgehead atoms. The highest BCUT2D eigenvalue weighted by Crippen LogP contribution is 2.23. The number of hydrogen-bond donors (Lipinski definition) is 0. The van der Waals surface area contributed by atoms with E-state index in [2.05, 4.69) is 11.8 Å². The molecule has 0 amide bonds. The van der Waals surface area contributed by atoms with E-state index in [9.17, 15) is 4.79 Å². The second-order valence-electron chi connectivity index (χ2n) is 4.87. The fraction of sp³-hybridized carbons (Fsp3) is 0.615. The molecule has 0 aromatic carbocycles. The zero-order chi connectivity index (χ0) is 12.3. The van der Waals surface area contributed by atoms with Crippen LogP contribution < -0.4 is 0 Å². The molecule has 0 spiro atoms. The molecule has 2 rings (SSSR count). The Labute approximate surface area is 102 Å². The highest BCUT2D eigenvalue weighted by molar-refractivity contribution is 5.95. The molecule has 17 heavy (non-hydrogen) atoms. The van der Waals surface area contributed by atoms with Crippen LogP contribution in [0.5, 0.6) is 0 Å². The van der Waals surface area contributed by atoms with Crippen molar-refractivity contribution >= 4 is 5.78 Å². The van der Waals surface area contributed by atoms with Gasteiger partial charge in [0, 0.05) is 13.7 Å². The van der Waals surface area contributed by atoms with Gasteiger partial charge in [-0.2, -0.15) is 0 Å².